The Balaban J connectivity index is 1.55. The van der Waals surface area contributed by atoms with Gasteiger partial charge in [0.05, 0.1) is 11.1 Å². The first-order valence-corrected chi connectivity index (χ1v) is 7.80. The van der Waals surface area contributed by atoms with E-state index in [0.29, 0.717) is 5.75 Å². The van der Waals surface area contributed by atoms with Gasteiger partial charge in [-0.15, -0.1) is 0 Å². The van der Waals surface area contributed by atoms with E-state index >= 15 is 0 Å². The maximum atomic E-state index is 11.8. The number of nitrogens with zero attached hydrogens (tertiary/aromatic N) is 2. The van der Waals surface area contributed by atoms with Crippen molar-refractivity contribution in [2.24, 2.45) is 5.10 Å². The quantitative estimate of drug-likeness (QED) is 0.420. The molecule has 0 aliphatic carbocycles. The lowest BCUT2D eigenvalue weighted by Crippen LogP contribution is -2.24. The number of benzene rings is 3. The van der Waals surface area contributed by atoms with E-state index in [0.717, 1.165) is 16.3 Å². The normalized spacial score (nSPS) is 10.8. The third-order valence-corrected chi connectivity index (χ3v) is 3.63. The van der Waals surface area contributed by atoms with Gasteiger partial charge in [-0.1, -0.05) is 42.5 Å². The number of non-ortho nitro benzene ring substituents is 1. The minimum Gasteiger partial charge on any atom is -0.484 e. The van der Waals surface area contributed by atoms with Crippen molar-refractivity contribution >= 4 is 28.6 Å². The van der Waals surface area contributed by atoms with E-state index in [1.54, 1.807) is 6.21 Å². The Morgan fingerprint density at radius 2 is 1.81 bits per heavy atom. The van der Waals surface area contributed by atoms with Gasteiger partial charge in [0.1, 0.15) is 5.75 Å². The van der Waals surface area contributed by atoms with Crippen molar-refractivity contribution in [3.8, 4) is 5.75 Å². The Morgan fingerprint density at radius 3 is 2.58 bits per heavy atom. The highest BCUT2D eigenvalue weighted by Gasteiger charge is 2.06. The van der Waals surface area contributed by atoms with Crippen LogP contribution in [0.1, 0.15) is 5.56 Å². The van der Waals surface area contributed by atoms with Crippen LogP contribution in [0.5, 0.6) is 5.75 Å². The highest BCUT2D eigenvalue weighted by molar-refractivity contribution is 5.99. The molecule has 0 aliphatic heterocycles. The lowest BCUT2D eigenvalue weighted by molar-refractivity contribution is -0.384. The van der Waals surface area contributed by atoms with E-state index in [2.05, 4.69) is 10.5 Å². The predicted octanol–water partition coefficient (Wildman–Crippen LogP) is 3.28. The summed E-state index contributed by atoms with van der Waals surface area (Å²) in [7, 11) is 0. The van der Waals surface area contributed by atoms with E-state index in [1.165, 1.54) is 24.3 Å². The van der Waals surface area contributed by atoms with Crippen molar-refractivity contribution in [1.82, 2.24) is 5.43 Å². The maximum absolute atomic E-state index is 11.8. The number of carbonyl (C=O) groups is 1. The lowest BCUT2D eigenvalue weighted by atomic mass is 10.1. The van der Waals surface area contributed by atoms with Crippen molar-refractivity contribution in [3.05, 3.63) is 82.4 Å². The van der Waals surface area contributed by atoms with Crippen LogP contribution in [0, 0.1) is 10.1 Å². The van der Waals surface area contributed by atoms with Gasteiger partial charge in [-0.25, -0.2) is 5.43 Å². The van der Waals surface area contributed by atoms with Gasteiger partial charge >= 0.3 is 0 Å². The second kappa shape index (κ2) is 7.89. The van der Waals surface area contributed by atoms with Crippen molar-refractivity contribution in [3.63, 3.8) is 0 Å². The summed E-state index contributed by atoms with van der Waals surface area (Å²) in [5, 5.41) is 16.7. The van der Waals surface area contributed by atoms with Gasteiger partial charge in [-0.05, 0) is 22.9 Å². The van der Waals surface area contributed by atoms with E-state index < -0.39 is 10.8 Å². The zero-order valence-corrected chi connectivity index (χ0v) is 13.7. The number of hydrogen-bond acceptors (Lipinski definition) is 5. The molecule has 0 aliphatic rings. The topological polar surface area (TPSA) is 93.8 Å². The average Bonchev–Trinajstić information content (AvgIpc) is 2.67. The second-order valence-corrected chi connectivity index (χ2v) is 5.40. The smallest absolute Gasteiger partial charge is 0.277 e. The molecule has 3 aromatic carbocycles. The number of nitro groups is 1. The summed E-state index contributed by atoms with van der Waals surface area (Å²) in [4.78, 5) is 21.9. The Kier molecular flexibility index (Phi) is 5.19. The van der Waals surface area contributed by atoms with Crippen LogP contribution >= 0.6 is 0 Å². The fourth-order valence-corrected chi connectivity index (χ4v) is 2.38. The Morgan fingerprint density at radius 1 is 1.08 bits per heavy atom. The highest BCUT2D eigenvalue weighted by atomic mass is 16.6. The number of nitro benzene ring substituents is 1. The molecule has 3 rings (SSSR count). The highest BCUT2D eigenvalue weighted by Crippen LogP contribution is 2.17. The molecule has 7 heteroatoms. The first kappa shape index (κ1) is 17.1. The molecule has 1 N–H and O–H groups in total. The zero-order valence-electron chi connectivity index (χ0n) is 13.7. The van der Waals surface area contributed by atoms with Gasteiger partial charge in [-0.3, -0.25) is 14.9 Å². The molecule has 0 atom stereocenters. The molecule has 1 amide bonds. The van der Waals surface area contributed by atoms with Crippen LogP contribution in [0.15, 0.2) is 71.8 Å². The molecule has 0 saturated heterocycles. The monoisotopic (exact) mass is 349 g/mol. The van der Waals surface area contributed by atoms with Crippen molar-refractivity contribution < 1.29 is 14.5 Å². The fourth-order valence-electron chi connectivity index (χ4n) is 2.38. The molecular formula is C19H15N3O4. The van der Waals surface area contributed by atoms with Gasteiger partial charge in [0.25, 0.3) is 11.6 Å². The molecule has 0 unspecified atom stereocenters. The van der Waals surface area contributed by atoms with Gasteiger partial charge in [0.2, 0.25) is 0 Å². The summed E-state index contributed by atoms with van der Waals surface area (Å²) in [5.41, 5.74) is 3.24. The summed E-state index contributed by atoms with van der Waals surface area (Å²) < 4.78 is 5.27. The molecule has 0 fully saturated rings. The number of amides is 1. The summed E-state index contributed by atoms with van der Waals surface area (Å²) >= 11 is 0. The zero-order chi connectivity index (χ0) is 18.4. The van der Waals surface area contributed by atoms with Gasteiger partial charge in [0.15, 0.2) is 6.61 Å². The van der Waals surface area contributed by atoms with Crippen LogP contribution in [-0.4, -0.2) is 23.7 Å². The molecule has 0 saturated carbocycles. The van der Waals surface area contributed by atoms with Crippen LogP contribution in [0.2, 0.25) is 0 Å². The number of hydrazone groups is 1. The van der Waals surface area contributed by atoms with Crippen LogP contribution in [-0.2, 0) is 4.79 Å². The lowest BCUT2D eigenvalue weighted by Gasteiger charge is -2.05. The molecule has 0 bridgehead atoms. The van der Waals surface area contributed by atoms with Crippen molar-refractivity contribution in [2.45, 2.75) is 0 Å². The molecule has 130 valence electrons. The molecule has 0 radical (unpaired) electrons. The van der Waals surface area contributed by atoms with Crippen LogP contribution in [0.3, 0.4) is 0 Å². The molecular weight excluding hydrogens is 334 g/mol. The minimum atomic E-state index is -0.502. The summed E-state index contributed by atoms with van der Waals surface area (Å²) in [6.07, 6.45) is 1.58. The third kappa shape index (κ3) is 4.21. The number of nitrogens with one attached hydrogen (secondary N) is 1. The van der Waals surface area contributed by atoms with Gasteiger partial charge in [-0.2, -0.15) is 5.10 Å². The second-order valence-electron chi connectivity index (χ2n) is 5.40. The number of hydrogen-bond donors (Lipinski definition) is 1. The average molecular weight is 349 g/mol. The molecule has 0 spiro atoms. The molecule has 7 nitrogen and oxygen atoms in total. The molecule has 26 heavy (non-hydrogen) atoms. The van der Waals surface area contributed by atoms with Crippen LogP contribution in [0.25, 0.3) is 10.8 Å². The number of carbonyl (C=O) groups excluding carboxylic acids is 1. The molecule has 0 aromatic heterocycles. The standard InChI is InChI=1S/C19H15N3O4/c23-19(13-26-17-10-8-16(9-11-17)22(24)25)21-20-12-15-6-3-5-14-4-1-2-7-18(14)15/h1-12H,13H2,(H,21,23). The van der Waals surface area contributed by atoms with Gasteiger partial charge < -0.3 is 4.74 Å². The van der Waals surface area contributed by atoms with E-state index in [4.69, 9.17) is 4.74 Å². The van der Waals surface area contributed by atoms with Crippen LogP contribution in [0.4, 0.5) is 5.69 Å². The number of ether oxygens (including phenoxy) is 1. The SMILES string of the molecule is O=C(COc1ccc([N+](=O)[O-])cc1)NN=Cc1cccc2ccccc12. The fraction of sp³-hybridized carbons (Fsp3) is 0.0526. The Hall–Kier alpha value is -3.74. The van der Waals surface area contributed by atoms with E-state index in [1.807, 2.05) is 42.5 Å². The summed E-state index contributed by atoms with van der Waals surface area (Å²) in [6, 6.07) is 19.2. The Bertz CT molecular complexity index is 963. The number of rotatable bonds is 6. The van der Waals surface area contributed by atoms with Gasteiger partial charge in [0, 0.05) is 17.7 Å². The predicted molar refractivity (Wildman–Crippen MR) is 98.3 cm³/mol. The first-order chi connectivity index (χ1) is 12.6. The Labute approximate surface area is 149 Å². The third-order valence-electron chi connectivity index (χ3n) is 3.63. The summed E-state index contributed by atoms with van der Waals surface area (Å²) in [6.45, 7) is -0.245. The van der Waals surface area contributed by atoms with Crippen molar-refractivity contribution in [1.29, 1.82) is 0 Å². The van der Waals surface area contributed by atoms with Crippen molar-refractivity contribution in [2.75, 3.05) is 6.61 Å². The maximum Gasteiger partial charge on any atom is 0.277 e. The first-order valence-electron chi connectivity index (χ1n) is 7.80. The molecule has 3 aromatic rings. The van der Waals surface area contributed by atoms with Crippen LogP contribution < -0.4 is 10.2 Å². The van der Waals surface area contributed by atoms with E-state index in [9.17, 15) is 14.9 Å². The van der Waals surface area contributed by atoms with E-state index in [-0.39, 0.29) is 12.3 Å². The summed E-state index contributed by atoms with van der Waals surface area (Å²) in [5.74, 6) is -0.0661. The number of fused-ring (bicyclic) bond motifs is 1. The molecule has 0 heterocycles. The largest absolute Gasteiger partial charge is 0.484 e. The minimum absolute atomic E-state index is 0.0403.